The van der Waals surface area contributed by atoms with Crippen LogP contribution in [0.15, 0.2) is 6.20 Å². The average molecular weight is 207 g/mol. The van der Waals surface area contributed by atoms with Crippen molar-refractivity contribution in [3.05, 3.63) is 23.0 Å². The van der Waals surface area contributed by atoms with Crippen LogP contribution in [0.3, 0.4) is 0 Å². The predicted octanol–water partition coefficient (Wildman–Crippen LogP) is 2.23. The highest BCUT2D eigenvalue weighted by molar-refractivity contribution is 5.80. The third-order valence-corrected chi connectivity index (χ3v) is 2.51. The fourth-order valence-corrected chi connectivity index (χ4v) is 1.56. The molecule has 0 amide bonds. The topological polar surface area (TPSA) is 39.2 Å². The summed E-state index contributed by atoms with van der Waals surface area (Å²) < 4.78 is 5.28. The molecule has 0 saturated heterocycles. The van der Waals surface area contributed by atoms with E-state index in [0.29, 0.717) is 12.8 Å². The standard InChI is InChI=1S/C12H17NO2/c1-5-10(14)6-11-9(3)12(15-4)8(2)7-13-11/h7H,5-6H2,1-4H3. The van der Waals surface area contributed by atoms with Crippen molar-refractivity contribution in [2.75, 3.05) is 7.11 Å². The maximum Gasteiger partial charge on any atom is 0.138 e. The second kappa shape index (κ2) is 4.91. The first-order valence-electron chi connectivity index (χ1n) is 5.10. The number of pyridine rings is 1. The van der Waals surface area contributed by atoms with E-state index in [1.807, 2.05) is 20.8 Å². The van der Waals surface area contributed by atoms with Crippen molar-refractivity contribution in [3.63, 3.8) is 0 Å². The predicted molar refractivity (Wildman–Crippen MR) is 59.3 cm³/mol. The van der Waals surface area contributed by atoms with E-state index in [1.54, 1.807) is 13.3 Å². The van der Waals surface area contributed by atoms with E-state index in [2.05, 4.69) is 4.98 Å². The van der Waals surface area contributed by atoms with Gasteiger partial charge in [0.2, 0.25) is 0 Å². The number of rotatable bonds is 4. The van der Waals surface area contributed by atoms with Crippen molar-refractivity contribution in [1.82, 2.24) is 4.98 Å². The van der Waals surface area contributed by atoms with E-state index in [0.717, 1.165) is 22.6 Å². The zero-order valence-electron chi connectivity index (χ0n) is 9.76. The molecule has 0 radical (unpaired) electrons. The van der Waals surface area contributed by atoms with Crippen LogP contribution in [0.2, 0.25) is 0 Å². The molecule has 0 aliphatic heterocycles. The smallest absolute Gasteiger partial charge is 0.138 e. The summed E-state index contributed by atoms with van der Waals surface area (Å²) in [5.74, 6) is 1.04. The van der Waals surface area contributed by atoms with E-state index in [-0.39, 0.29) is 5.78 Å². The summed E-state index contributed by atoms with van der Waals surface area (Å²) in [7, 11) is 1.64. The molecule has 1 aromatic rings. The number of hydrogen-bond acceptors (Lipinski definition) is 3. The largest absolute Gasteiger partial charge is 0.496 e. The number of aryl methyl sites for hydroxylation is 1. The fraction of sp³-hybridized carbons (Fsp3) is 0.500. The van der Waals surface area contributed by atoms with Crippen LogP contribution >= 0.6 is 0 Å². The number of ketones is 1. The summed E-state index contributed by atoms with van der Waals surface area (Å²) in [6, 6.07) is 0. The quantitative estimate of drug-likeness (QED) is 0.760. The molecule has 0 saturated carbocycles. The van der Waals surface area contributed by atoms with Gasteiger partial charge >= 0.3 is 0 Å². The molecule has 0 atom stereocenters. The monoisotopic (exact) mass is 207 g/mol. The molecule has 0 fully saturated rings. The highest BCUT2D eigenvalue weighted by atomic mass is 16.5. The second-order valence-corrected chi connectivity index (χ2v) is 3.62. The highest BCUT2D eigenvalue weighted by Gasteiger charge is 2.11. The zero-order chi connectivity index (χ0) is 11.4. The van der Waals surface area contributed by atoms with Gasteiger partial charge in [0.25, 0.3) is 0 Å². The Labute approximate surface area is 90.5 Å². The van der Waals surface area contributed by atoms with Crippen LogP contribution in [-0.2, 0) is 11.2 Å². The third kappa shape index (κ3) is 2.55. The van der Waals surface area contributed by atoms with Gasteiger partial charge in [0, 0.05) is 30.2 Å². The zero-order valence-corrected chi connectivity index (χ0v) is 9.76. The lowest BCUT2D eigenvalue weighted by Gasteiger charge is -2.11. The van der Waals surface area contributed by atoms with Gasteiger partial charge in [-0.2, -0.15) is 0 Å². The molecule has 0 spiro atoms. The highest BCUT2D eigenvalue weighted by Crippen LogP contribution is 2.24. The number of carbonyl (C=O) groups excluding carboxylic acids is 1. The van der Waals surface area contributed by atoms with Gasteiger partial charge in [-0.3, -0.25) is 9.78 Å². The molecular weight excluding hydrogens is 190 g/mol. The molecule has 1 rings (SSSR count). The van der Waals surface area contributed by atoms with Crippen LogP contribution in [0.25, 0.3) is 0 Å². The molecule has 0 N–H and O–H groups in total. The minimum Gasteiger partial charge on any atom is -0.496 e. The molecule has 0 bridgehead atoms. The van der Waals surface area contributed by atoms with E-state index >= 15 is 0 Å². The summed E-state index contributed by atoms with van der Waals surface area (Å²) in [5.41, 5.74) is 2.80. The van der Waals surface area contributed by atoms with Crippen molar-refractivity contribution < 1.29 is 9.53 Å². The number of Topliss-reactive ketones (excluding diaryl/α,β-unsaturated/α-hetero) is 1. The minimum absolute atomic E-state index is 0.205. The number of carbonyl (C=O) groups is 1. The Hall–Kier alpha value is -1.38. The molecule has 15 heavy (non-hydrogen) atoms. The first-order valence-corrected chi connectivity index (χ1v) is 5.10. The molecule has 0 unspecified atom stereocenters. The van der Waals surface area contributed by atoms with Crippen molar-refractivity contribution in [3.8, 4) is 5.75 Å². The summed E-state index contributed by atoms with van der Waals surface area (Å²) in [5, 5.41) is 0. The summed E-state index contributed by atoms with van der Waals surface area (Å²) >= 11 is 0. The molecule has 1 aromatic heterocycles. The van der Waals surface area contributed by atoms with Crippen LogP contribution in [0, 0.1) is 13.8 Å². The molecule has 0 aliphatic carbocycles. The Bertz CT molecular complexity index is 372. The van der Waals surface area contributed by atoms with Gasteiger partial charge in [0.05, 0.1) is 12.8 Å². The number of methoxy groups -OCH3 is 1. The van der Waals surface area contributed by atoms with E-state index < -0.39 is 0 Å². The lowest BCUT2D eigenvalue weighted by atomic mass is 10.1. The first-order chi connectivity index (χ1) is 7.10. The molecule has 3 heteroatoms. The van der Waals surface area contributed by atoms with E-state index in [9.17, 15) is 4.79 Å². The number of nitrogens with zero attached hydrogens (tertiary/aromatic N) is 1. The van der Waals surface area contributed by atoms with Gasteiger partial charge in [-0.15, -0.1) is 0 Å². The van der Waals surface area contributed by atoms with Crippen molar-refractivity contribution in [1.29, 1.82) is 0 Å². The van der Waals surface area contributed by atoms with Crippen LogP contribution in [-0.4, -0.2) is 17.9 Å². The molecular formula is C12H17NO2. The van der Waals surface area contributed by atoms with Crippen LogP contribution < -0.4 is 4.74 Å². The van der Waals surface area contributed by atoms with Crippen LogP contribution in [0.1, 0.15) is 30.2 Å². The van der Waals surface area contributed by atoms with Gasteiger partial charge in [0.1, 0.15) is 11.5 Å². The second-order valence-electron chi connectivity index (χ2n) is 3.62. The van der Waals surface area contributed by atoms with Crippen molar-refractivity contribution >= 4 is 5.78 Å². The normalized spacial score (nSPS) is 10.1. The van der Waals surface area contributed by atoms with Crippen LogP contribution in [0.5, 0.6) is 5.75 Å². The summed E-state index contributed by atoms with van der Waals surface area (Å²) in [6.45, 7) is 5.75. The molecule has 3 nitrogen and oxygen atoms in total. The number of hydrogen-bond donors (Lipinski definition) is 0. The third-order valence-electron chi connectivity index (χ3n) is 2.51. The Balaban J connectivity index is 3.05. The van der Waals surface area contributed by atoms with Gasteiger partial charge in [-0.25, -0.2) is 0 Å². The lowest BCUT2D eigenvalue weighted by molar-refractivity contribution is -0.118. The maximum atomic E-state index is 11.3. The lowest BCUT2D eigenvalue weighted by Crippen LogP contribution is -2.06. The number of aromatic nitrogens is 1. The Morgan fingerprint density at radius 1 is 1.47 bits per heavy atom. The molecule has 82 valence electrons. The minimum atomic E-state index is 0.205. The van der Waals surface area contributed by atoms with Gasteiger partial charge in [-0.1, -0.05) is 6.92 Å². The fourth-order valence-electron chi connectivity index (χ4n) is 1.56. The van der Waals surface area contributed by atoms with Gasteiger partial charge in [-0.05, 0) is 13.8 Å². The number of ether oxygens (including phenoxy) is 1. The summed E-state index contributed by atoms with van der Waals surface area (Å²) in [6.07, 6.45) is 2.71. The summed E-state index contributed by atoms with van der Waals surface area (Å²) in [4.78, 5) is 15.6. The van der Waals surface area contributed by atoms with Gasteiger partial charge in [0.15, 0.2) is 0 Å². The van der Waals surface area contributed by atoms with Crippen molar-refractivity contribution in [2.45, 2.75) is 33.6 Å². The first kappa shape index (κ1) is 11.7. The van der Waals surface area contributed by atoms with Crippen molar-refractivity contribution in [2.24, 2.45) is 0 Å². The van der Waals surface area contributed by atoms with E-state index in [4.69, 9.17) is 4.74 Å². The Morgan fingerprint density at radius 2 is 2.13 bits per heavy atom. The molecule has 0 aromatic carbocycles. The average Bonchev–Trinajstić information content (AvgIpc) is 2.23. The molecule has 0 aliphatic rings. The molecule has 1 heterocycles. The van der Waals surface area contributed by atoms with Crippen LogP contribution in [0.4, 0.5) is 0 Å². The maximum absolute atomic E-state index is 11.3. The van der Waals surface area contributed by atoms with Gasteiger partial charge < -0.3 is 4.74 Å². The Kier molecular flexibility index (Phi) is 3.83. The van der Waals surface area contributed by atoms with E-state index in [1.165, 1.54) is 0 Å². The SMILES string of the molecule is CCC(=O)Cc1ncc(C)c(OC)c1C. The Morgan fingerprint density at radius 3 is 2.67 bits per heavy atom.